The number of halogens is 2. The molecule has 0 atom stereocenters. The molecule has 5 nitrogen and oxygen atoms in total. The molecular formula is C23H19F2NO4. The Labute approximate surface area is 172 Å². The van der Waals surface area contributed by atoms with Crippen molar-refractivity contribution in [2.45, 2.75) is 12.5 Å². The molecule has 0 saturated carbocycles. The van der Waals surface area contributed by atoms with Gasteiger partial charge in [0, 0.05) is 0 Å². The number of hydrogen-bond acceptors (Lipinski definition) is 4. The topological polar surface area (TPSA) is 64.6 Å². The zero-order chi connectivity index (χ0) is 21.3. The van der Waals surface area contributed by atoms with Gasteiger partial charge in [-0.15, -0.1) is 0 Å². The number of carbonyl (C=O) groups excluding carboxylic acids is 2. The zero-order valence-corrected chi connectivity index (χ0v) is 15.8. The largest absolute Gasteiger partial charge is 0.455 e. The van der Waals surface area contributed by atoms with Gasteiger partial charge in [-0.2, -0.15) is 8.78 Å². The van der Waals surface area contributed by atoms with Gasteiger partial charge >= 0.3 is 12.6 Å². The Morgan fingerprint density at radius 2 is 1.33 bits per heavy atom. The van der Waals surface area contributed by atoms with E-state index in [1.165, 1.54) is 18.2 Å². The van der Waals surface area contributed by atoms with E-state index in [1.807, 2.05) is 36.4 Å². The SMILES string of the molecule is O=C(COC(=O)C(c1ccccc1)c1ccccc1)Nc1ccccc1OC(F)F. The number of ether oxygens (including phenoxy) is 2. The number of amides is 1. The minimum Gasteiger partial charge on any atom is -0.455 e. The second-order valence-electron chi connectivity index (χ2n) is 6.28. The molecule has 3 rings (SSSR count). The van der Waals surface area contributed by atoms with Crippen molar-refractivity contribution in [1.82, 2.24) is 0 Å². The fraction of sp³-hybridized carbons (Fsp3) is 0.130. The van der Waals surface area contributed by atoms with Gasteiger partial charge in [-0.1, -0.05) is 72.8 Å². The van der Waals surface area contributed by atoms with Crippen LogP contribution in [0.15, 0.2) is 84.9 Å². The molecule has 0 aliphatic rings. The molecule has 0 aliphatic carbocycles. The highest BCUT2D eigenvalue weighted by Gasteiger charge is 2.25. The van der Waals surface area contributed by atoms with Crippen molar-refractivity contribution in [1.29, 1.82) is 0 Å². The number of nitrogens with one attached hydrogen (secondary N) is 1. The van der Waals surface area contributed by atoms with E-state index in [1.54, 1.807) is 30.3 Å². The summed E-state index contributed by atoms with van der Waals surface area (Å²) >= 11 is 0. The number of carbonyl (C=O) groups is 2. The Kier molecular flexibility index (Phi) is 7.10. The molecule has 0 saturated heterocycles. The number of alkyl halides is 2. The highest BCUT2D eigenvalue weighted by molar-refractivity contribution is 5.94. The van der Waals surface area contributed by atoms with Gasteiger partial charge in [-0.3, -0.25) is 9.59 Å². The predicted molar refractivity (Wildman–Crippen MR) is 107 cm³/mol. The Morgan fingerprint density at radius 1 is 0.800 bits per heavy atom. The molecule has 0 aliphatic heterocycles. The van der Waals surface area contributed by atoms with Crippen molar-refractivity contribution in [3.63, 3.8) is 0 Å². The van der Waals surface area contributed by atoms with E-state index in [4.69, 9.17) is 4.74 Å². The third kappa shape index (κ3) is 5.64. The van der Waals surface area contributed by atoms with Crippen LogP contribution in [0.4, 0.5) is 14.5 Å². The van der Waals surface area contributed by atoms with E-state index in [9.17, 15) is 18.4 Å². The van der Waals surface area contributed by atoms with Crippen molar-refractivity contribution in [3.05, 3.63) is 96.1 Å². The van der Waals surface area contributed by atoms with Gasteiger partial charge in [0.05, 0.1) is 5.69 Å². The third-order valence-electron chi connectivity index (χ3n) is 4.22. The summed E-state index contributed by atoms with van der Waals surface area (Å²) in [6.45, 7) is -3.60. The molecule has 1 amide bonds. The summed E-state index contributed by atoms with van der Waals surface area (Å²) < 4.78 is 34.6. The standard InChI is InChI=1S/C23H19F2NO4/c24-23(25)30-19-14-8-7-13-18(19)26-20(27)15-29-22(28)21(16-9-3-1-4-10-16)17-11-5-2-6-12-17/h1-14,21,23H,15H2,(H,26,27). The summed E-state index contributed by atoms with van der Waals surface area (Å²) in [6, 6.07) is 23.9. The molecule has 0 bridgehead atoms. The molecule has 0 spiro atoms. The first kappa shape index (κ1) is 21.0. The Morgan fingerprint density at radius 3 is 1.90 bits per heavy atom. The highest BCUT2D eigenvalue weighted by Crippen LogP contribution is 2.27. The molecule has 30 heavy (non-hydrogen) atoms. The van der Waals surface area contributed by atoms with Crippen LogP contribution in [0.1, 0.15) is 17.0 Å². The summed E-state index contributed by atoms with van der Waals surface area (Å²) in [5.74, 6) is -2.15. The number of benzene rings is 3. The van der Waals surface area contributed by atoms with Gasteiger partial charge in [0.15, 0.2) is 6.61 Å². The Balaban J connectivity index is 1.68. The minimum absolute atomic E-state index is 0.0570. The first-order valence-corrected chi connectivity index (χ1v) is 9.15. The van der Waals surface area contributed by atoms with Crippen LogP contribution in [0, 0.1) is 0 Å². The van der Waals surface area contributed by atoms with Crippen LogP contribution in [-0.4, -0.2) is 25.1 Å². The maximum absolute atomic E-state index is 12.8. The third-order valence-corrected chi connectivity index (χ3v) is 4.22. The maximum atomic E-state index is 12.8. The average Bonchev–Trinajstić information content (AvgIpc) is 2.75. The normalized spacial score (nSPS) is 10.7. The summed E-state index contributed by atoms with van der Waals surface area (Å²) in [5, 5.41) is 2.42. The fourth-order valence-corrected chi connectivity index (χ4v) is 2.93. The van der Waals surface area contributed by atoms with Gasteiger partial charge in [0.1, 0.15) is 11.7 Å². The van der Waals surface area contributed by atoms with Crippen molar-refractivity contribution in [2.75, 3.05) is 11.9 Å². The molecule has 1 N–H and O–H groups in total. The summed E-state index contributed by atoms with van der Waals surface area (Å²) in [4.78, 5) is 25.0. The summed E-state index contributed by atoms with van der Waals surface area (Å²) in [5.41, 5.74) is 1.51. The molecule has 7 heteroatoms. The number of hydrogen-bond donors (Lipinski definition) is 1. The predicted octanol–water partition coefficient (Wildman–Crippen LogP) is 4.60. The first-order valence-electron chi connectivity index (χ1n) is 9.15. The lowest BCUT2D eigenvalue weighted by Crippen LogP contribution is -2.25. The second-order valence-corrected chi connectivity index (χ2v) is 6.28. The van der Waals surface area contributed by atoms with E-state index in [0.717, 1.165) is 11.1 Å². The summed E-state index contributed by atoms with van der Waals surface area (Å²) in [6.07, 6.45) is 0. The first-order chi connectivity index (χ1) is 14.5. The molecule has 0 radical (unpaired) electrons. The highest BCUT2D eigenvalue weighted by atomic mass is 19.3. The quantitative estimate of drug-likeness (QED) is 0.550. The van der Waals surface area contributed by atoms with Crippen LogP contribution < -0.4 is 10.1 Å². The van der Waals surface area contributed by atoms with Crippen molar-refractivity contribution < 1.29 is 27.8 Å². The molecule has 0 aromatic heterocycles. The Hall–Kier alpha value is -3.74. The zero-order valence-electron chi connectivity index (χ0n) is 15.8. The smallest absolute Gasteiger partial charge is 0.387 e. The van der Waals surface area contributed by atoms with Gasteiger partial charge in [0.25, 0.3) is 5.91 Å². The molecule has 154 valence electrons. The molecule has 0 unspecified atom stereocenters. The molecule has 3 aromatic carbocycles. The lowest BCUT2D eigenvalue weighted by Gasteiger charge is -2.17. The van der Waals surface area contributed by atoms with Gasteiger partial charge in [-0.05, 0) is 23.3 Å². The van der Waals surface area contributed by atoms with Crippen LogP contribution in [0.3, 0.4) is 0 Å². The molecule has 0 fully saturated rings. The van der Waals surface area contributed by atoms with Crippen LogP contribution in [0.25, 0.3) is 0 Å². The average molecular weight is 411 g/mol. The van der Waals surface area contributed by atoms with Crippen LogP contribution in [-0.2, 0) is 14.3 Å². The fourth-order valence-electron chi connectivity index (χ4n) is 2.93. The van der Waals surface area contributed by atoms with Crippen molar-refractivity contribution >= 4 is 17.6 Å². The number of anilines is 1. The van der Waals surface area contributed by atoms with Gasteiger partial charge in [-0.25, -0.2) is 0 Å². The van der Waals surface area contributed by atoms with E-state index in [-0.39, 0.29) is 11.4 Å². The molecule has 0 heterocycles. The van der Waals surface area contributed by atoms with Crippen molar-refractivity contribution in [3.8, 4) is 5.75 Å². The number of para-hydroxylation sites is 2. The number of rotatable bonds is 8. The van der Waals surface area contributed by atoms with Gasteiger partial charge in [0.2, 0.25) is 0 Å². The molecule has 3 aromatic rings. The number of esters is 1. The monoisotopic (exact) mass is 411 g/mol. The van der Waals surface area contributed by atoms with Crippen LogP contribution in [0.2, 0.25) is 0 Å². The molecular weight excluding hydrogens is 392 g/mol. The van der Waals surface area contributed by atoms with Crippen LogP contribution >= 0.6 is 0 Å². The maximum Gasteiger partial charge on any atom is 0.387 e. The lowest BCUT2D eigenvalue weighted by molar-refractivity contribution is -0.147. The van der Waals surface area contributed by atoms with Crippen LogP contribution in [0.5, 0.6) is 5.75 Å². The van der Waals surface area contributed by atoms with E-state index in [0.29, 0.717) is 0 Å². The van der Waals surface area contributed by atoms with E-state index < -0.39 is 31.0 Å². The van der Waals surface area contributed by atoms with E-state index in [2.05, 4.69) is 10.1 Å². The lowest BCUT2D eigenvalue weighted by atomic mass is 9.91. The van der Waals surface area contributed by atoms with Gasteiger partial charge < -0.3 is 14.8 Å². The second kappa shape index (κ2) is 10.2. The minimum atomic E-state index is -3.03. The van der Waals surface area contributed by atoms with E-state index >= 15 is 0 Å². The summed E-state index contributed by atoms with van der Waals surface area (Å²) in [7, 11) is 0. The Bertz CT molecular complexity index is 941. The van der Waals surface area contributed by atoms with Crippen molar-refractivity contribution in [2.24, 2.45) is 0 Å².